The number of likely N-dealkylation sites (N-methyl/N-ethyl adjacent to an activating group) is 1. The van der Waals surface area contributed by atoms with E-state index >= 15 is 0 Å². The molecule has 0 saturated heterocycles. The number of amides is 1. The molecule has 3 aromatic rings. The number of aliphatic imine (C=N–C) groups is 1. The van der Waals surface area contributed by atoms with Crippen LogP contribution in [0.3, 0.4) is 0 Å². The highest BCUT2D eigenvalue weighted by molar-refractivity contribution is 6.24. The van der Waals surface area contributed by atoms with E-state index < -0.39 is 10.8 Å². The summed E-state index contributed by atoms with van der Waals surface area (Å²) < 4.78 is 0. The Kier molecular flexibility index (Phi) is 5.48. The van der Waals surface area contributed by atoms with Gasteiger partial charge in [0.2, 0.25) is 5.91 Å². The van der Waals surface area contributed by atoms with Crippen molar-refractivity contribution in [2.24, 2.45) is 4.99 Å². The lowest BCUT2D eigenvalue weighted by molar-refractivity contribution is -0.384. The van der Waals surface area contributed by atoms with Gasteiger partial charge in [-0.15, -0.1) is 0 Å². The van der Waals surface area contributed by atoms with Gasteiger partial charge in [-0.25, -0.2) is 0 Å². The number of rotatable bonds is 5. The van der Waals surface area contributed by atoms with Crippen LogP contribution in [0.5, 0.6) is 0 Å². The number of nitro groups is 1. The molecule has 2 aliphatic heterocycles. The summed E-state index contributed by atoms with van der Waals surface area (Å²) in [5.74, 6) is -0.964. The SMILES string of the molecule is CCN1CCc2ccc(N=C(c3ccccc3)C3C(=O)Nc4ccc([N+](=O)[O-])cc43)cc2C1. The fourth-order valence-electron chi connectivity index (χ4n) is 4.62. The second kappa shape index (κ2) is 8.60. The number of carbonyl (C=O) groups is 1. The standard InChI is InChI=1S/C26H24N4O3/c1-2-29-13-12-17-8-9-20(14-19(17)16-29)27-25(18-6-4-3-5-7-18)24-22-15-21(30(32)33)10-11-23(22)28-26(24)31/h3-11,14-15,24H,2,12-13,16H2,1H3,(H,28,31). The van der Waals surface area contributed by atoms with E-state index in [2.05, 4.69) is 29.3 Å². The number of non-ortho nitro benzene ring substituents is 1. The number of carbonyl (C=O) groups excluding carboxylic acids is 1. The predicted molar refractivity (Wildman–Crippen MR) is 128 cm³/mol. The van der Waals surface area contributed by atoms with Crippen LogP contribution in [0.15, 0.2) is 71.7 Å². The largest absolute Gasteiger partial charge is 0.325 e. The van der Waals surface area contributed by atoms with Gasteiger partial charge in [-0.05, 0) is 47.9 Å². The lowest BCUT2D eigenvalue weighted by Gasteiger charge is -2.27. The number of nitrogens with one attached hydrogen (secondary N) is 1. The molecule has 33 heavy (non-hydrogen) atoms. The van der Waals surface area contributed by atoms with Gasteiger partial charge in [0, 0.05) is 36.5 Å². The number of anilines is 1. The van der Waals surface area contributed by atoms with Gasteiger partial charge in [-0.2, -0.15) is 0 Å². The molecule has 166 valence electrons. The first-order valence-electron chi connectivity index (χ1n) is 11.1. The molecule has 2 heterocycles. The Bertz CT molecular complexity index is 1270. The maximum atomic E-state index is 13.1. The zero-order chi connectivity index (χ0) is 22.9. The van der Waals surface area contributed by atoms with Crippen LogP contribution in [-0.4, -0.2) is 34.5 Å². The first-order chi connectivity index (χ1) is 16.0. The Balaban J connectivity index is 1.62. The van der Waals surface area contributed by atoms with Crippen molar-refractivity contribution in [2.45, 2.75) is 25.8 Å². The summed E-state index contributed by atoms with van der Waals surface area (Å²) >= 11 is 0. The number of benzene rings is 3. The first-order valence-corrected chi connectivity index (χ1v) is 11.1. The Hall–Kier alpha value is -3.84. The van der Waals surface area contributed by atoms with Crippen LogP contribution >= 0.6 is 0 Å². The zero-order valence-electron chi connectivity index (χ0n) is 18.3. The quantitative estimate of drug-likeness (QED) is 0.350. The van der Waals surface area contributed by atoms with Gasteiger partial charge in [0.05, 0.1) is 16.3 Å². The van der Waals surface area contributed by atoms with Crippen LogP contribution in [0.2, 0.25) is 0 Å². The summed E-state index contributed by atoms with van der Waals surface area (Å²) in [5.41, 5.74) is 5.87. The molecule has 0 spiro atoms. The van der Waals surface area contributed by atoms with Crippen molar-refractivity contribution in [3.8, 4) is 0 Å². The fourth-order valence-corrected chi connectivity index (χ4v) is 4.62. The minimum absolute atomic E-state index is 0.0453. The second-order valence-electron chi connectivity index (χ2n) is 8.39. The number of hydrogen-bond donors (Lipinski definition) is 1. The van der Waals surface area contributed by atoms with Crippen molar-refractivity contribution < 1.29 is 9.72 Å². The number of hydrogen-bond acceptors (Lipinski definition) is 5. The van der Waals surface area contributed by atoms with Gasteiger partial charge >= 0.3 is 0 Å². The number of fused-ring (bicyclic) bond motifs is 2. The third kappa shape index (κ3) is 4.03. The molecule has 7 nitrogen and oxygen atoms in total. The highest BCUT2D eigenvalue weighted by atomic mass is 16.6. The molecular formula is C26H24N4O3. The molecule has 0 bridgehead atoms. The van der Waals surface area contributed by atoms with Crippen molar-refractivity contribution in [3.05, 3.63) is 99.1 Å². The highest BCUT2D eigenvalue weighted by Gasteiger charge is 2.36. The van der Waals surface area contributed by atoms with Crippen LogP contribution in [0, 0.1) is 10.1 Å². The molecule has 1 amide bonds. The Labute approximate surface area is 191 Å². The maximum Gasteiger partial charge on any atom is 0.269 e. The van der Waals surface area contributed by atoms with Crippen LogP contribution in [0.1, 0.15) is 35.1 Å². The van der Waals surface area contributed by atoms with Crippen molar-refractivity contribution >= 4 is 28.7 Å². The van der Waals surface area contributed by atoms with E-state index in [-0.39, 0.29) is 11.6 Å². The Morgan fingerprint density at radius 1 is 1.12 bits per heavy atom. The van der Waals surface area contributed by atoms with E-state index in [4.69, 9.17) is 4.99 Å². The number of nitro benzene ring substituents is 1. The molecule has 7 heteroatoms. The molecule has 0 aliphatic carbocycles. The van der Waals surface area contributed by atoms with Gasteiger partial charge in [0.15, 0.2) is 0 Å². The topological polar surface area (TPSA) is 87.8 Å². The van der Waals surface area contributed by atoms with Gasteiger partial charge < -0.3 is 5.32 Å². The highest BCUT2D eigenvalue weighted by Crippen LogP contribution is 2.38. The molecule has 0 aromatic heterocycles. The molecule has 3 aromatic carbocycles. The van der Waals surface area contributed by atoms with Gasteiger partial charge in [-0.3, -0.25) is 24.8 Å². The molecule has 1 N–H and O–H groups in total. The van der Waals surface area contributed by atoms with Crippen molar-refractivity contribution in [1.82, 2.24) is 4.90 Å². The Morgan fingerprint density at radius 2 is 1.94 bits per heavy atom. The monoisotopic (exact) mass is 440 g/mol. The van der Waals surface area contributed by atoms with Crippen LogP contribution in [-0.2, 0) is 17.8 Å². The molecule has 0 radical (unpaired) electrons. The minimum Gasteiger partial charge on any atom is -0.325 e. The lowest BCUT2D eigenvalue weighted by Crippen LogP contribution is -2.30. The number of nitrogens with zero attached hydrogens (tertiary/aromatic N) is 3. The molecule has 0 fully saturated rings. The van der Waals surface area contributed by atoms with E-state index in [1.807, 2.05) is 36.4 Å². The molecular weight excluding hydrogens is 416 g/mol. The van der Waals surface area contributed by atoms with Crippen LogP contribution < -0.4 is 5.32 Å². The summed E-state index contributed by atoms with van der Waals surface area (Å²) in [6.45, 7) is 5.10. The minimum atomic E-state index is -0.731. The zero-order valence-corrected chi connectivity index (χ0v) is 18.3. The molecule has 2 aliphatic rings. The smallest absolute Gasteiger partial charge is 0.269 e. The lowest BCUT2D eigenvalue weighted by atomic mass is 9.90. The molecule has 1 atom stereocenters. The normalized spacial score (nSPS) is 17.9. The van der Waals surface area contributed by atoms with Gasteiger partial charge in [0.25, 0.3) is 5.69 Å². The van der Waals surface area contributed by atoms with E-state index in [0.717, 1.165) is 37.3 Å². The maximum absolute atomic E-state index is 13.1. The average Bonchev–Trinajstić information content (AvgIpc) is 3.17. The third-order valence-electron chi connectivity index (χ3n) is 6.40. The average molecular weight is 441 g/mol. The Morgan fingerprint density at radius 3 is 2.70 bits per heavy atom. The summed E-state index contributed by atoms with van der Waals surface area (Å²) in [4.78, 5) is 31.4. The third-order valence-corrected chi connectivity index (χ3v) is 6.40. The van der Waals surface area contributed by atoms with E-state index in [0.29, 0.717) is 17.0 Å². The second-order valence-corrected chi connectivity index (χ2v) is 8.39. The van der Waals surface area contributed by atoms with Gasteiger partial charge in [0.1, 0.15) is 5.92 Å². The predicted octanol–water partition coefficient (Wildman–Crippen LogP) is 4.83. The summed E-state index contributed by atoms with van der Waals surface area (Å²) in [6, 6.07) is 20.2. The summed E-state index contributed by atoms with van der Waals surface area (Å²) in [7, 11) is 0. The van der Waals surface area contributed by atoms with Crippen molar-refractivity contribution in [2.75, 3.05) is 18.4 Å². The summed E-state index contributed by atoms with van der Waals surface area (Å²) in [5, 5.41) is 14.2. The van der Waals surface area contributed by atoms with Crippen LogP contribution in [0.4, 0.5) is 17.1 Å². The van der Waals surface area contributed by atoms with E-state index in [1.165, 1.54) is 23.3 Å². The van der Waals surface area contributed by atoms with Crippen molar-refractivity contribution in [3.63, 3.8) is 0 Å². The molecule has 5 rings (SSSR count). The molecule has 1 unspecified atom stereocenters. The summed E-state index contributed by atoms with van der Waals surface area (Å²) in [6.07, 6.45) is 1.01. The fraction of sp³-hybridized carbons (Fsp3) is 0.231. The first kappa shape index (κ1) is 21.0. The van der Waals surface area contributed by atoms with Crippen molar-refractivity contribution in [1.29, 1.82) is 0 Å². The van der Waals surface area contributed by atoms with Gasteiger partial charge in [-0.1, -0.05) is 43.3 Å². The molecule has 0 saturated carbocycles. The van der Waals surface area contributed by atoms with E-state index in [9.17, 15) is 14.9 Å². The van der Waals surface area contributed by atoms with E-state index in [1.54, 1.807) is 6.07 Å². The van der Waals surface area contributed by atoms with Crippen LogP contribution in [0.25, 0.3) is 0 Å².